The van der Waals surface area contributed by atoms with E-state index in [0.717, 1.165) is 11.3 Å². The number of pyridine rings is 1. The maximum absolute atomic E-state index is 5.32. The Bertz CT molecular complexity index is 988. The summed E-state index contributed by atoms with van der Waals surface area (Å²) in [5.74, 6) is 0.839. The van der Waals surface area contributed by atoms with Gasteiger partial charge in [-0.25, -0.2) is 0 Å². The van der Waals surface area contributed by atoms with Crippen LogP contribution in [0.3, 0.4) is 0 Å². The molecule has 0 amide bonds. The molecule has 0 spiro atoms. The number of hydrogen-bond acceptors (Lipinski definition) is 5. The third-order valence-electron chi connectivity index (χ3n) is 3.93. The quantitative estimate of drug-likeness (QED) is 0.621. The summed E-state index contributed by atoms with van der Waals surface area (Å²) in [6.07, 6.45) is 1.69. The molecule has 0 unspecified atom stereocenters. The van der Waals surface area contributed by atoms with Crippen LogP contribution >= 0.6 is 0 Å². The molecule has 0 atom stereocenters. The van der Waals surface area contributed by atoms with E-state index in [1.54, 1.807) is 6.20 Å². The van der Waals surface area contributed by atoms with Gasteiger partial charge in [-0.3, -0.25) is 10.1 Å². The van der Waals surface area contributed by atoms with Crippen LogP contribution in [0, 0.1) is 13.8 Å². The zero-order valence-electron chi connectivity index (χ0n) is 13.3. The molecular formula is C18H15N5O. The highest BCUT2D eigenvalue weighted by Crippen LogP contribution is 2.25. The lowest BCUT2D eigenvalue weighted by Crippen LogP contribution is -1.84. The van der Waals surface area contributed by atoms with E-state index in [1.165, 1.54) is 11.1 Å². The van der Waals surface area contributed by atoms with Crippen molar-refractivity contribution in [2.75, 3.05) is 0 Å². The summed E-state index contributed by atoms with van der Waals surface area (Å²) in [4.78, 5) is 8.59. The van der Waals surface area contributed by atoms with Gasteiger partial charge in [-0.2, -0.15) is 10.1 Å². The smallest absolute Gasteiger partial charge is 0.276 e. The van der Waals surface area contributed by atoms with E-state index in [0.29, 0.717) is 23.1 Å². The number of aromatic amines is 1. The average Bonchev–Trinajstić information content (AvgIpc) is 3.27. The SMILES string of the molecule is Cc1ccc(-c2cc(-c3nc(-c4ccccn4)no3)[nH]n2)cc1C. The van der Waals surface area contributed by atoms with Crippen LogP contribution in [0.2, 0.25) is 0 Å². The van der Waals surface area contributed by atoms with Crippen molar-refractivity contribution in [3.05, 3.63) is 59.8 Å². The van der Waals surface area contributed by atoms with Crippen LogP contribution in [0.25, 0.3) is 34.4 Å². The molecule has 1 N–H and O–H groups in total. The molecule has 0 saturated carbocycles. The fourth-order valence-corrected chi connectivity index (χ4v) is 2.41. The molecule has 3 heterocycles. The minimum atomic E-state index is 0.387. The molecule has 6 nitrogen and oxygen atoms in total. The Morgan fingerprint density at radius 2 is 1.88 bits per heavy atom. The lowest BCUT2D eigenvalue weighted by molar-refractivity contribution is 0.430. The molecule has 0 fully saturated rings. The van der Waals surface area contributed by atoms with Gasteiger partial charge in [0.25, 0.3) is 5.89 Å². The van der Waals surface area contributed by atoms with Crippen molar-refractivity contribution < 1.29 is 4.52 Å². The van der Waals surface area contributed by atoms with Crippen molar-refractivity contribution in [3.8, 4) is 34.4 Å². The fourth-order valence-electron chi connectivity index (χ4n) is 2.41. The Labute approximate surface area is 138 Å². The standard InChI is InChI=1S/C18H15N5O/c1-11-6-7-13(9-12(11)2)15-10-16(22-21-15)18-20-17(23-24-18)14-5-3-4-8-19-14/h3-10H,1-2H3,(H,21,22). The first kappa shape index (κ1) is 14.3. The molecule has 6 heteroatoms. The van der Waals surface area contributed by atoms with Crippen molar-refractivity contribution in [1.82, 2.24) is 25.3 Å². The number of H-pyrrole nitrogens is 1. The summed E-state index contributed by atoms with van der Waals surface area (Å²) in [6.45, 7) is 4.18. The molecule has 118 valence electrons. The van der Waals surface area contributed by atoms with Gasteiger partial charge in [-0.1, -0.05) is 23.4 Å². The van der Waals surface area contributed by atoms with Crippen LogP contribution < -0.4 is 0 Å². The predicted octanol–water partition coefficient (Wildman–Crippen LogP) is 3.81. The van der Waals surface area contributed by atoms with Crippen molar-refractivity contribution in [2.45, 2.75) is 13.8 Å². The van der Waals surface area contributed by atoms with Gasteiger partial charge in [-0.05, 0) is 49.2 Å². The van der Waals surface area contributed by atoms with E-state index in [2.05, 4.69) is 57.4 Å². The van der Waals surface area contributed by atoms with Crippen molar-refractivity contribution in [3.63, 3.8) is 0 Å². The number of nitrogens with zero attached hydrogens (tertiary/aromatic N) is 4. The summed E-state index contributed by atoms with van der Waals surface area (Å²) in [6, 6.07) is 13.7. The topological polar surface area (TPSA) is 80.5 Å². The van der Waals surface area contributed by atoms with E-state index in [4.69, 9.17) is 4.52 Å². The van der Waals surface area contributed by atoms with Gasteiger partial charge in [0, 0.05) is 11.8 Å². The van der Waals surface area contributed by atoms with E-state index >= 15 is 0 Å². The molecule has 3 aromatic heterocycles. The highest BCUT2D eigenvalue weighted by Gasteiger charge is 2.14. The summed E-state index contributed by atoms with van der Waals surface area (Å²) in [7, 11) is 0. The molecule has 0 bridgehead atoms. The van der Waals surface area contributed by atoms with Gasteiger partial charge < -0.3 is 4.52 Å². The van der Waals surface area contributed by atoms with E-state index < -0.39 is 0 Å². The van der Waals surface area contributed by atoms with Crippen LogP contribution in [0.4, 0.5) is 0 Å². The lowest BCUT2D eigenvalue weighted by atomic mass is 10.0. The van der Waals surface area contributed by atoms with E-state index in [1.807, 2.05) is 24.3 Å². The Morgan fingerprint density at radius 1 is 0.958 bits per heavy atom. The third-order valence-corrected chi connectivity index (χ3v) is 3.93. The second-order valence-corrected chi connectivity index (χ2v) is 5.60. The zero-order valence-corrected chi connectivity index (χ0v) is 13.3. The molecule has 0 radical (unpaired) electrons. The number of nitrogens with one attached hydrogen (secondary N) is 1. The van der Waals surface area contributed by atoms with Crippen molar-refractivity contribution in [2.24, 2.45) is 0 Å². The Hall–Kier alpha value is -3.28. The van der Waals surface area contributed by atoms with Gasteiger partial charge in [0.2, 0.25) is 5.82 Å². The molecule has 1 aromatic carbocycles. The van der Waals surface area contributed by atoms with E-state index in [-0.39, 0.29) is 0 Å². The first-order chi connectivity index (χ1) is 11.7. The first-order valence-electron chi connectivity index (χ1n) is 7.59. The molecule has 0 aliphatic carbocycles. The fraction of sp³-hybridized carbons (Fsp3) is 0.111. The molecule has 24 heavy (non-hydrogen) atoms. The molecule has 0 aliphatic heterocycles. The maximum atomic E-state index is 5.32. The highest BCUT2D eigenvalue weighted by atomic mass is 16.5. The molecule has 4 rings (SSSR count). The summed E-state index contributed by atoms with van der Waals surface area (Å²) < 4.78 is 5.32. The molecular weight excluding hydrogens is 302 g/mol. The zero-order chi connectivity index (χ0) is 16.5. The largest absolute Gasteiger partial charge is 0.332 e. The minimum absolute atomic E-state index is 0.387. The monoisotopic (exact) mass is 317 g/mol. The van der Waals surface area contributed by atoms with Gasteiger partial charge in [-0.15, -0.1) is 0 Å². The molecule has 4 aromatic rings. The van der Waals surface area contributed by atoms with Crippen molar-refractivity contribution in [1.29, 1.82) is 0 Å². The number of aryl methyl sites for hydroxylation is 2. The predicted molar refractivity (Wildman–Crippen MR) is 90.0 cm³/mol. The summed E-state index contributed by atoms with van der Waals surface area (Å²) in [5.41, 5.74) is 5.72. The van der Waals surface area contributed by atoms with Crippen molar-refractivity contribution >= 4 is 0 Å². The highest BCUT2D eigenvalue weighted by molar-refractivity contribution is 5.66. The van der Waals surface area contributed by atoms with Crippen LogP contribution in [0.1, 0.15) is 11.1 Å². The van der Waals surface area contributed by atoms with E-state index in [9.17, 15) is 0 Å². The van der Waals surface area contributed by atoms with Crippen LogP contribution in [-0.4, -0.2) is 25.3 Å². The van der Waals surface area contributed by atoms with Gasteiger partial charge >= 0.3 is 0 Å². The number of benzene rings is 1. The summed E-state index contributed by atoms with van der Waals surface area (Å²) >= 11 is 0. The third kappa shape index (κ3) is 2.58. The molecule has 0 aliphatic rings. The number of rotatable bonds is 3. The van der Waals surface area contributed by atoms with Gasteiger partial charge in [0.15, 0.2) is 0 Å². The van der Waals surface area contributed by atoms with Crippen LogP contribution in [-0.2, 0) is 0 Å². The Morgan fingerprint density at radius 3 is 2.67 bits per heavy atom. The maximum Gasteiger partial charge on any atom is 0.276 e. The molecule has 0 saturated heterocycles. The minimum Gasteiger partial charge on any atom is -0.332 e. The second-order valence-electron chi connectivity index (χ2n) is 5.60. The van der Waals surface area contributed by atoms with Gasteiger partial charge in [0.05, 0.1) is 5.69 Å². The number of aromatic nitrogens is 5. The van der Waals surface area contributed by atoms with Crippen LogP contribution in [0.5, 0.6) is 0 Å². The average molecular weight is 317 g/mol. The second kappa shape index (κ2) is 5.73. The first-order valence-corrected chi connectivity index (χ1v) is 7.59. The lowest BCUT2D eigenvalue weighted by Gasteiger charge is -2.01. The Kier molecular flexibility index (Phi) is 3.42. The van der Waals surface area contributed by atoms with Gasteiger partial charge in [0.1, 0.15) is 11.4 Å². The number of hydrogen-bond donors (Lipinski definition) is 1. The summed E-state index contributed by atoms with van der Waals surface area (Å²) in [5, 5.41) is 11.3. The Balaban J connectivity index is 1.66. The normalized spacial score (nSPS) is 10.9. The van der Waals surface area contributed by atoms with Crippen LogP contribution in [0.15, 0.2) is 53.2 Å².